The molecule has 1 aliphatic carbocycles. The number of halogens is 1. The van der Waals surface area contributed by atoms with E-state index < -0.39 is 0 Å². The summed E-state index contributed by atoms with van der Waals surface area (Å²) in [6, 6.07) is 6.85. The van der Waals surface area contributed by atoms with Crippen molar-refractivity contribution >= 4 is 11.7 Å². The molecule has 1 aromatic rings. The zero-order valence-electron chi connectivity index (χ0n) is 16.1. The fourth-order valence-corrected chi connectivity index (χ4v) is 4.23. The molecule has 0 spiro atoms. The van der Waals surface area contributed by atoms with E-state index in [1.807, 2.05) is 22.9 Å². The van der Waals surface area contributed by atoms with Gasteiger partial charge in [0.05, 0.1) is 17.3 Å². The van der Waals surface area contributed by atoms with Gasteiger partial charge < -0.3 is 15.1 Å². The minimum atomic E-state index is -0.378. The summed E-state index contributed by atoms with van der Waals surface area (Å²) < 4.78 is 14.3. The van der Waals surface area contributed by atoms with Gasteiger partial charge in [-0.2, -0.15) is 5.26 Å². The lowest BCUT2D eigenvalue weighted by Gasteiger charge is -2.36. The summed E-state index contributed by atoms with van der Waals surface area (Å²) in [7, 11) is 1.90. The Kier molecular flexibility index (Phi) is 6.54. The third kappa shape index (κ3) is 4.91. The van der Waals surface area contributed by atoms with E-state index >= 15 is 0 Å². The fourth-order valence-electron chi connectivity index (χ4n) is 4.23. The van der Waals surface area contributed by atoms with Crippen LogP contribution in [0.3, 0.4) is 0 Å². The molecule has 5 nitrogen and oxygen atoms in total. The van der Waals surface area contributed by atoms with Crippen LogP contribution in [0.2, 0.25) is 0 Å². The highest BCUT2D eigenvalue weighted by atomic mass is 19.1. The molecule has 0 radical (unpaired) electrons. The van der Waals surface area contributed by atoms with Crippen LogP contribution in [0.4, 0.5) is 14.9 Å². The molecule has 2 aliphatic rings. The Morgan fingerprint density at radius 2 is 1.96 bits per heavy atom. The van der Waals surface area contributed by atoms with E-state index in [1.54, 1.807) is 12.1 Å². The zero-order valence-corrected chi connectivity index (χ0v) is 16.1. The molecule has 1 N–H and O–H groups in total. The molecule has 6 heteroatoms. The van der Waals surface area contributed by atoms with E-state index in [2.05, 4.69) is 5.32 Å². The molecule has 2 fully saturated rings. The van der Waals surface area contributed by atoms with Crippen molar-refractivity contribution < 1.29 is 9.18 Å². The maximum Gasteiger partial charge on any atom is 0.317 e. The third-order valence-corrected chi connectivity index (χ3v) is 5.86. The molecule has 27 heavy (non-hydrogen) atoms. The highest BCUT2D eigenvalue weighted by Crippen LogP contribution is 2.25. The Hall–Kier alpha value is -2.29. The predicted molar refractivity (Wildman–Crippen MR) is 104 cm³/mol. The summed E-state index contributed by atoms with van der Waals surface area (Å²) in [5.41, 5.74) is 0.827. The number of anilines is 1. The van der Waals surface area contributed by atoms with Gasteiger partial charge in [0.1, 0.15) is 5.82 Å². The van der Waals surface area contributed by atoms with Crippen molar-refractivity contribution in [2.45, 2.75) is 63.5 Å². The van der Waals surface area contributed by atoms with Gasteiger partial charge in [0, 0.05) is 32.2 Å². The van der Waals surface area contributed by atoms with Gasteiger partial charge in [-0.3, -0.25) is 0 Å². The first-order valence-electron chi connectivity index (χ1n) is 10.1. The van der Waals surface area contributed by atoms with Gasteiger partial charge in [0.25, 0.3) is 0 Å². The standard InChI is InChI=1S/C21H29FN4O/c1-25(18-8-4-2-3-5-9-18)21(27)24-17-7-6-12-26(15-17)20-11-10-16(14-23)13-19(20)22/h10-11,13,17-18H,2-9,12,15H2,1H3,(H,24,27). The number of nitriles is 1. The lowest BCUT2D eigenvalue weighted by molar-refractivity contribution is 0.178. The smallest absolute Gasteiger partial charge is 0.317 e. The molecular weight excluding hydrogens is 343 g/mol. The Morgan fingerprint density at radius 1 is 1.22 bits per heavy atom. The Labute approximate surface area is 161 Å². The van der Waals surface area contributed by atoms with E-state index in [1.165, 1.54) is 31.7 Å². The lowest BCUT2D eigenvalue weighted by atomic mass is 10.0. The normalized spacial score (nSPS) is 21.2. The van der Waals surface area contributed by atoms with Crippen LogP contribution in [0, 0.1) is 17.1 Å². The predicted octanol–water partition coefficient (Wildman–Crippen LogP) is 4.03. The summed E-state index contributed by atoms with van der Waals surface area (Å²) >= 11 is 0. The van der Waals surface area contributed by atoms with Crippen LogP contribution in [0.5, 0.6) is 0 Å². The van der Waals surface area contributed by atoms with Crippen LogP contribution in [0.25, 0.3) is 0 Å². The average molecular weight is 372 g/mol. The summed E-state index contributed by atoms with van der Waals surface area (Å²) in [5, 5.41) is 12.0. The topological polar surface area (TPSA) is 59.4 Å². The molecule has 1 unspecified atom stereocenters. The molecular formula is C21H29FN4O. The first-order chi connectivity index (χ1) is 13.1. The van der Waals surface area contributed by atoms with Crippen molar-refractivity contribution in [3.05, 3.63) is 29.6 Å². The van der Waals surface area contributed by atoms with Gasteiger partial charge in [0.2, 0.25) is 0 Å². The molecule has 1 heterocycles. The van der Waals surface area contributed by atoms with Crippen LogP contribution in [0.1, 0.15) is 56.9 Å². The number of amides is 2. The number of hydrogen-bond donors (Lipinski definition) is 1. The molecule has 3 rings (SSSR count). The maximum atomic E-state index is 14.3. The quantitative estimate of drug-likeness (QED) is 0.815. The maximum absolute atomic E-state index is 14.3. The van der Waals surface area contributed by atoms with Gasteiger partial charge in [-0.15, -0.1) is 0 Å². The number of carbonyl (C=O) groups excluding carboxylic acids is 1. The molecule has 1 atom stereocenters. The average Bonchev–Trinajstić information content (AvgIpc) is 2.97. The van der Waals surface area contributed by atoms with Gasteiger partial charge in [0.15, 0.2) is 0 Å². The minimum absolute atomic E-state index is 0.00882. The van der Waals surface area contributed by atoms with Crippen LogP contribution in [0.15, 0.2) is 18.2 Å². The molecule has 2 amide bonds. The van der Waals surface area contributed by atoms with Gasteiger partial charge >= 0.3 is 6.03 Å². The summed E-state index contributed by atoms with van der Waals surface area (Å²) in [5.74, 6) is -0.378. The van der Waals surface area contributed by atoms with Crippen molar-refractivity contribution in [2.24, 2.45) is 0 Å². The summed E-state index contributed by atoms with van der Waals surface area (Å²) in [6.07, 6.45) is 8.87. The van der Waals surface area contributed by atoms with Crippen LogP contribution in [-0.4, -0.2) is 43.2 Å². The molecule has 1 saturated heterocycles. The highest BCUT2D eigenvalue weighted by Gasteiger charge is 2.27. The largest absolute Gasteiger partial charge is 0.367 e. The number of rotatable bonds is 3. The van der Waals surface area contributed by atoms with Gasteiger partial charge in [-0.25, -0.2) is 9.18 Å². The third-order valence-electron chi connectivity index (χ3n) is 5.86. The Balaban J connectivity index is 1.59. The van der Waals surface area contributed by atoms with E-state index in [-0.39, 0.29) is 17.9 Å². The van der Waals surface area contributed by atoms with Crippen LogP contribution in [-0.2, 0) is 0 Å². The second-order valence-corrected chi connectivity index (χ2v) is 7.77. The number of nitrogens with one attached hydrogen (secondary N) is 1. The number of urea groups is 1. The number of carbonyl (C=O) groups is 1. The lowest BCUT2D eigenvalue weighted by Crippen LogP contribution is -2.52. The van der Waals surface area contributed by atoms with Crippen molar-refractivity contribution in [1.82, 2.24) is 10.2 Å². The summed E-state index contributed by atoms with van der Waals surface area (Å²) in [4.78, 5) is 16.5. The highest BCUT2D eigenvalue weighted by molar-refractivity contribution is 5.74. The molecule has 146 valence electrons. The van der Waals surface area contributed by atoms with E-state index in [0.29, 0.717) is 23.8 Å². The Morgan fingerprint density at radius 3 is 2.63 bits per heavy atom. The van der Waals surface area contributed by atoms with Crippen molar-refractivity contribution in [3.63, 3.8) is 0 Å². The van der Waals surface area contributed by atoms with Crippen molar-refractivity contribution in [3.8, 4) is 6.07 Å². The molecule has 0 bridgehead atoms. The second-order valence-electron chi connectivity index (χ2n) is 7.77. The number of benzene rings is 1. The van der Waals surface area contributed by atoms with Crippen LogP contribution < -0.4 is 10.2 Å². The number of piperidine rings is 1. The molecule has 1 aromatic carbocycles. The van der Waals surface area contributed by atoms with E-state index in [4.69, 9.17) is 5.26 Å². The van der Waals surface area contributed by atoms with Crippen LogP contribution >= 0.6 is 0 Å². The molecule has 1 saturated carbocycles. The van der Waals surface area contributed by atoms with Gasteiger partial charge in [-0.05, 0) is 43.9 Å². The minimum Gasteiger partial charge on any atom is -0.367 e. The monoisotopic (exact) mass is 372 g/mol. The summed E-state index contributed by atoms with van der Waals surface area (Å²) in [6.45, 7) is 1.35. The first kappa shape index (κ1) is 19.5. The molecule has 1 aliphatic heterocycles. The first-order valence-corrected chi connectivity index (χ1v) is 10.1. The van der Waals surface area contributed by atoms with E-state index in [0.717, 1.165) is 32.2 Å². The van der Waals surface area contributed by atoms with E-state index in [9.17, 15) is 9.18 Å². The fraction of sp³-hybridized carbons (Fsp3) is 0.619. The van der Waals surface area contributed by atoms with Crippen molar-refractivity contribution in [1.29, 1.82) is 5.26 Å². The zero-order chi connectivity index (χ0) is 19.2. The molecule has 0 aromatic heterocycles. The van der Waals surface area contributed by atoms with Crippen molar-refractivity contribution in [2.75, 3.05) is 25.0 Å². The number of hydrogen-bond acceptors (Lipinski definition) is 3. The SMILES string of the molecule is CN(C(=O)NC1CCCN(c2ccc(C#N)cc2F)C1)C1CCCCCC1. The van der Waals surface area contributed by atoms with Gasteiger partial charge in [-0.1, -0.05) is 25.7 Å². The number of nitrogens with zero attached hydrogens (tertiary/aromatic N) is 3. The Bertz CT molecular complexity index is 694. The second kappa shape index (κ2) is 9.07.